The SMILES string of the molecule is Cc1cc(N(C)CC(F)F)cc(C(=O)O)c1N. The average Bonchev–Trinajstić information content (AvgIpc) is 2.20. The number of carboxylic acids is 1. The Morgan fingerprint density at radius 2 is 2.12 bits per heavy atom. The van der Waals surface area contributed by atoms with Crippen molar-refractivity contribution in [2.24, 2.45) is 0 Å². The van der Waals surface area contributed by atoms with Crippen LogP contribution in [-0.2, 0) is 0 Å². The molecule has 1 aromatic rings. The molecule has 17 heavy (non-hydrogen) atoms. The van der Waals surface area contributed by atoms with Gasteiger partial charge in [-0.05, 0) is 24.6 Å². The first-order valence-electron chi connectivity index (χ1n) is 4.95. The van der Waals surface area contributed by atoms with Gasteiger partial charge in [-0.2, -0.15) is 0 Å². The monoisotopic (exact) mass is 244 g/mol. The number of aryl methyl sites for hydroxylation is 1. The van der Waals surface area contributed by atoms with Crippen molar-refractivity contribution in [1.29, 1.82) is 0 Å². The van der Waals surface area contributed by atoms with Crippen molar-refractivity contribution in [3.63, 3.8) is 0 Å². The molecule has 0 amide bonds. The lowest BCUT2D eigenvalue weighted by atomic mass is 10.1. The van der Waals surface area contributed by atoms with E-state index in [2.05, 4.69) is 0 Å². The Hall–Kier alpha value is -1.85. The molecule has 0 aliphatic carbocycles. The number of aromatic carboxylic acids is 1. The first-order chi connectivity index (χ1) is 7.82. The number of carbonyl (C=O) groups is 1. The summed E-state index contributed by atoms with van der Waals surface area (Å²) in [6, 6.07) is 2.89. The van der Waals surface area contributed by atoms with Crippen LogP contribution in [0.5, 0.6) is 0 Å². The van der Waals surface area contributed by atoms with Gasteiger partial charge in [0.25, 0.3) is 6.43 Å². The van der Waals surface area contributed by atoms with Crippen LogP contribution in [0.25, 0.3) is 0 Å². The number of hydrogen-bond acceptors (Lipinski definition) is 3. The van der Waals surface area contributed by atoms with E-state index >= 15 is 0 Å². The summed E-state index contributed by atoms with van der Waals surface area (Å²) in [4.78, 5) is 12.2. The highest BCUT2D eigenvalue weighted by atomic mass is 19.3. The molecule has 0 saturated heterocycles. The number of anilines is 2. The van der Waals surface area contributed by atoms with E-state index in [0.717, 1.165) is 0 Å². The number of alkyl halides is 2. The minimum absolute atomic E-state index is 0.0684. The van der Waals surface area contributed by atoms with E-state index in [1.807, 2.05) is 0 Å². The number of halogens is 2. The molecule has 1 rings (SSSR count). The molecule has 0 radical (unpaired) electrons. The van der Waals surface area contributed by atoms with Gasteiger partial charge in [0.1, 0.15) is 0 Å². The summed E-state index contributed by atoms with van der Waals surface area (Å²) in [6.45, 7) is 1.18. The third-order valence-corrected chi connectivity index (χ3v) is 2.45. The Labute approximate surface area is 97.6 Å². The Morgan fingerprint density at radius 3 is 2.59 bits per heavy atom. The standard InChI is InChI=1S/C11H14F2N2O2/c1-6-3-7(15(2)5-9(12)13)4-8(10(6)14)11(16)17/h3-4,9H,5,14H2,1-2H3,(H,16,17). The van der Waals surface area contributed by atoms with Gasteiger partial charge in [0.15, 0.2) is 0 Å². The summed E-state index contributed by atoms with van der Waals surface area (Å²) in [5.74, 6) is -1.17. The fourth-order valence-electron chi connectivity index (χ4n) is 1.49. The van der Waals surface area contributed by atoms with Crippen LogP contribution in [-0.4, -0.2) is 31.1 Å². The summed E-state index contributed by atoms with van der Waals surface area (Å²) in [6.07, 6.45) is -2.48. The van der Waals surface area contributed by atoms with Gasteiger partial charge >= 0.3 is 5.97 Å². The van der Waals surface area contributed by atoms with Crippen molar-refractivity contribution < 1.29 is 18.7 Å². The van der Waals surface area contributed by atoms with E-state index in [4.69, 9.17) is 10.8 Å². The second-order valence-corrected chi connectivity index (χ2v) is 3.80. The van der Waals surface area contributed by atoms with Gasteiger partial charge in [-0.1, -0.05) is 0 Å². The highest BCUT2D eigenvalue weighted by molar-refractivity contribution is 5.95. The van der Waals surface area contributed by atoms with Crippen LogP contribution in [0.4, 0.5) is 20.2 Å². The maximum Gasteiger partial charge on any atom is 0.337 e. The third kappa shape index (κ3) is 3.05. The second kappa shape index (κ2) is 4.99. The van der Waals surface area contributed by atoms with E-state index in [-0.39, 0.29) is 11.3 Å². The van der Waals surface area contributed by atoms with Crippen LogP contribution >= 0.6 is 0 Å². The average molecular weight is 244 g/mol. The van der Waals surface area contributed by atoms with Gasteiger partial charge < -0.3 is 15.7 Å². The van der Waals surface area contributed by atoms with E-state index in [9.17, 15) is 13.6 Å². The first-order valence-corrected chi connectivity index (χ1v) is 4.95. The van der Waals surface area contributed by atoms with Crippen molar-refractivity contribution in [1.82, 2.24) is 0 Å². The molecule has 0 aliphatic rings. The van der Waals surface area contributed by atoms with Crippen LogP contribution in [0.2, 0.25) is 0 Å². The summed E-state index contributed by atoms with van der Waals surface area (Å²) >= 11 is 0. The van der Waals surface area contributed by atoms with Gasteiger partial charge in [-0.15, -0.1) is 0 Å². The zero-order valence-corrected chi connectivity index (χ0v) is 9.58. The van der Waals surface area contributed by atoms with Crippen LogP contribution in [0.1, 0.15) is 15.9 Å². The smallest absolute Gasteiger partial charge is 0.337 e. The molecular weight excluding hydrogens is 230 g/mol. The number of hydrogen-bond donors (Lipinski definition) is 2. The van der Waals surface area contributed by atoms with Crippen LogP contribution in [0.15, 0.2) is 12.1 Å². The predicted molar refractivity (Wildman–Crippen MR) is 61.8 cm³/mol. The molecule has 6 heteroatoms. The van der Waals surface area contributed by atoms with Crippen LogP contribution in [0.3, 0.4) is 0 Å². The molecule has 4 nitrogen and oxygen atoms in total. The molecule has 0 saturated carbocycles. The lowest BCUT2D eigenvalue weighted by molar-refractivity contribution is 0.0698. The minimum Gasteiger partial charge on any atom is -0.478 e. The minimum atomic E-state index is -2.48. The number of benzene rings is 1. The molecule has 0 aromatic heterocycles. The fourth-order valence-corrected chi connectivity index (χ4v) is 1.49. The highest BCUT2D eigenvalue weighted by Crippen LogP contribution is 2.25. The molecule has 0 unspecified atom stereocenters. The van der Waals surface area contributed by atoms with Gasteiger partial charge in [-0.25, -0.2) is 13.6 Å². The number of nitrogens with zero attached hydrogens (tertiary/aromatic N) is 1. The largest absolute Gasteiger partial charge is 0.478 e. The number of rotatable bonds is 4. The molecule has 1 aromatic carbocycles. The predicted octanol–water partition coefficient (Wildman–Crippen LogP) is 1.98. The summed E-state index contributed by atoms with van der Waals surface area (Å²) < 4.78 is 24.5. The Bertz CT molecular complexity index is 436. The van der Waals surface area contributed by atoms with E-state index in [0.29, 0.717) is 11.3 Å². The van der Waals surface area contributed by atoms with E-state index in [1.54, 1.807) is 13.0 Å². The van der Waals surface area contributed by atoms with Crippen LogP contribution < -0.4 is 10.6 Å². The van der Waals surface area contributed by atoms with E-state index in [1.165, 1.54) is 18.0 Å². The number of carboxylic acid groups (broad SMARTS) is 1. The molecule has 0 heterocycles. The normalized spacial score (nSPS) is 10.6. The molecule has 0 spiro atoms. The second-order valence-electron chi connectivity index (χ2n) is 3.80. The third-order valence-electron chi connectivity index (χ3n) is 2.45. The van der Waals surface area contributed by atoms with Gasteiger partial charge in [0.2, 0.25) is 0 Å². The lowest BCUT2D eigenvalue weighted by Gasteiger charge is -2.20. The summed E-state index contributed by atoms with van der Waals surface area (Å²) in [5.41, 5.74) is 6.66. The number of nitrogens with two attached hydrogens (primary N) is 1. The highest BCUT2D eigenvalue weighted by Gasteiger charge is 2.15. The Balaban J connectivity index is 3.14. The maximum absolute atomic E-state index is 12.2. The molecule has 0 atom stereocenters. The van der Waals surface area contributed by atoms with Gasteiger partial charge in [-0.3, -0.25) is 0 Å². The number of nitrogen functional groups attached to an aromatic ring is 1. The van der Waals surface area contributed by atoms with Crippen molar-refractivity contribution in [3.05, 3.63) is 23.3 Å². The quantitative estimate of drug-likeness (QED) is 0.795. The van der Waals surface area contributed by atoms with Gasteiger partial charge in [0.05, 0.1) is 12.1 Å². The Kier molecular flexibility index (Phi) is 3.88. The van der Waals surface area contributed by atoms with Crippen molar-refractivity contribution in [3.8, 4) is 0 Å². The zero-order chi connectivity index (χ0) is 13.2. The maximum atomic E-state index is 12.2. The molecule has 0 fully saturated rings. The molecule has 0 bridgehead atoms. The molecule has 94 valence electrons. The first kappa shape index (κ1) is 13.2. The zero-order valence-electron chi connectivity index (χ0n) is 9.58. The van der Waals surface area contributed by atoms with Gasteiger partial charge in [0, 0.05) is 18.4 Å². The lowest BCUT2D eigenvalue weighted by Crippen LogP contribution is -2.24. The van der Waals surface area contributed by atoms with E-state index < -0.39 is 18.9 Å². The molecular formula is C11H14F2N2O2. The topological polar surface area (TPSA) is 66.6 Å². The Morgan fingerprint density at radius 1 is 1.53 bits per heavy atom. The summed E-state index contributed by atoms with van der Waals surface area (Å²) in [7, 11) is 1.47. The van der Waals surface area contributed by atoms with Crippen molar-refractivity contribution in [2.75, 3.05) is 24.2 Å². The molecule has 3 N–H and O–H groups in total. The summed E-state index contributed by atoms with van der Waals surface area (Å²) in [5, 5.41) is 8.93. The molecule has 0 aliphatic heterocycles. The fraction of sp³-hybridized carbons (Fsp3) is 0.364. The van der Waals surface area contributed by atoms with Crippen molar-refractivity contribution >= 4 is 17.3 Å². The van der Waals surface area contributed by atoms with Crippen molar-refractivity contribution in [2.45, 2.75) is 13.3 Å². The van der Waals surface area contributed by atoms with Crippen LogP contribution in [0, 0.1) is 6.92 Å².